The van der Waals surface area contributed by atoms with Gasteiger partial charge in [0.2, 0.25) is 5.91 Å². The lowest BCUT2D eigenvalue weighted by Gasteiger charge is -2.24. The van der Waals surface area contributed by atoms with Gasteiger partial charge in [0.05, 0.1) is 36.9 Å². The zero-order valence-corrected chi connectivity index (χ0v) is 21.2. The zero-order valence-electron chi connectivity index (χ0n) is 19.7. The molecular weight excluding hydrogens is 492 g/mol. The number of nitrogens with one attached hydrogen (secondary N) is 1. The normalized spacial score (nSPS) is 11.0. The Kier molecular flexibility index (Phi) is 8.84. The second-order valence-corrected chi connectivity index (χ2v) is 9.70. The first-order valence-electron chi connectivity index (χ1n) is 10.7. The molecule has 3 rings (SSSR count). The monoisotopic (exact) mass is 518 g/mol. The molecule has 0 aromatic heterocycles. The van der Waals surface area contributed by atoms with E-state index in [-0.39, 0.29) is 15.6 Å². The Morgan fingerprint density at radius 1 is 0.886 bits per heavy atom. The fraction of sp³-hybridized carbons (Fsp3) is 0.240. The number of nitrogens with zero attached hydrogens (tertiary/aromatic N) is 1. The van der Waals surface area contributed by atoms with Crippen LogP contribution in [0.3, 0.4) is 0 Å². The molecule has 8 nitrogen and oxygen atoms in total. The number of hydrogen-bond donors (Lipinski definition) is 1. The van der Waals surface area contributed by atoms with Crippen molar-refractivity contribution < 1.29 is 27.4 Å². The Labute approximate surface area is 210 Å². The van der Waals surface area contributed by atoms with E-state index in [4.69, 9.17) is 25.8 Å². The fourth-order valence-corrected chi connectivity index (χ4v) is 5.10. The van der Waals surface area contributed by atoms with Crippen LogP contribution in [0.2, 0.25) is 5.02 Å². The van der Waals surface area contributed by atoms with Gasteiger partial charge in [-0.25, -0.2) is 8.42 Å². The zero-order chi connectivity index (χ0) is 25.4. The molecule has 0 saturated heterocycles. The molecule has 0 unspecified atom stereocenters. The maximum atomic E-state index is 13.4. The second kappa shape index (κ2) is 11.8. The summed E-state index contributed by atoms with van der Waals surface area (Å²) in [6.07, 6.45) is 0.520. The Balaban J connectivity index is 1.77. The fourth-order valence-electron chi connectivity index (χ4n) is 3.41. The maximum absolute atomic E-state index is 13.4. The van der Waals surface area contributed by atoms with E-state index in [0.717, 1.165) is 9.87 Å². The average Bonchev–Trinajstić information content (AvgIpc) is 2.87. The van der Waals surface area contributed by atoms with Crippen molar-refractivity contribution in [1.29, 1.82) is 0 Å². The number of ether oxygens (including phenoxy) is 3. The number of sulfonamides is 1. The lowest BCUT2D eigenvalue weighted by atomic mass is 10.1. The number of hydrogen-bond acceptors (Lipinski definition) is 6. The molecule has 0 aliphatic heterocycles. The molecule has 0 spiro atoms. The molecule has 0 aliphatic carbocycles. The first-order valence-corrected chi connectivity index (χ1v) is 12.5. The molecule has 0 fully saturated rings. The van der Waals surface area contributed by atoms with Crippen LogP contribution in [0, 0.1) is 0 Å². The van der Waals surface area contributed by atoms with Crippen LogP contribution in [0.25, 0.3) is 0 Å². The van der Waals surface area contributed by atoms with Gasteiger partial charge in [-0.1, -0.05) is 35.9 Å². The highest BCUT2D eigenvalue weighted by Gasteiger charge is 2.27. The highest BCUT2D eigenvalue weighted by atomic mass is 35.5. The van der Waals surface area contributed by atoms with E-state index in [0.29, 0.717) is 30.2 Å². The van der Waals surface area contributed by atoms with E-state index >= 15 is 0 Å². The molecule has 186 valence electrons. The molecule has 0 bridgehead atoms. The standard InChI is InChI=1S/C25H27ClN2O6S/c1-32-22-12-10-19(16-21(22)26)28(35(30,31)20-7-5-4-6-8-20)17-25(29)27-14-13-18-9-11-23(33-2)24(15-18)34-3/h4-12,15-16H,13-14,17H2,1-3H3,(H,27,29). The molecular formula is C25H27ClN2O6S. The summed E-state index contributed by atoms with van der Waals surface area (Å²) < 4.78 is 43.5. The van der Waals surface area contributed by atoms with Gasteiger partial charge in [-0.2, -0.15) is 0 Å². The third-order valence-electron chi connectivity index (χ3n) is 5.23. The van der Waals surface area contributed by atoms with Crippen LogP contribution in [0.5, 0.6) is 17.2 Å². The van der Waals surface area contributed by atoms with Gasteiger partial charge >= 0.3 is 0 Å². The Bertz CT molecular complexity index is 1270. The van der Waals surface area contributed by atoms with Crippen molar-refractivity contribution in [3.63, 3.8) is 0 Å². The molecule has 0 radical (unpaired) electrons. The van der Waals surface area contributed by atoms with Crippen molar-refractivity contribution in [2.45, 2.75) is 11.3 Å². The number of benzene rings is 3. The summed E-state index contributed by atoms with van der Waals surface area (Å²) in [5.41, 5.74) is 1.17. The Morgan fingerprint density at radius 3 is 2.17 bits per heavy atom. The van der Waals surface area contributed by atoms with E-state index in [9.17, 15) is 13.2 Å². The van der Waals surface area contributed by atoms with E-state index in [2.05, 4.69) is 5.32 Å². The van der Waals surface area contributed by atoms with Crippen molar-refractivity contribution in [3.8, 4) is 17.2 Å². The smallest absolute Gasteiger partial charge is 0.264 e. The average molecular weight is 519 g/mol. The predicted molar refractivity (Wildman–Crippen MR) is 135 cm³/mol. The van der Waals surface area contributed by atoms with Gasteiger partial charge in [-0.05, 0) is 54.4 Å². The minimum Gasteiger partial charge on any atom is -0.495 e. The van der Waals surface area contributed by atoms with Crippen molar-refractivity contribution >= 4 is 33.2 Å². The van der Waals surface area contributed by atoms with Crippen LogP contribution in [-0.2, 0) is 21.2 Å². The van der Waals surface area contributed by atoms with Crippen LogP contribution in [0.4, 0.5) is 5.69 Å². The summed E-state index contributed by atoms with van der Waals surface area (Å²) in [6.45, 7) is -0.122. The van der Waals surface area contributed by atoms with Crippen molar-refractivity contribution in [3.05, 3.63) is 77.3 Å². The van der Waals surface area contributed by atoms with E-state index in [1.807, 2.05) is 12.1 Å². The number of rotatable bonds is 11. The van der Waals surface area contributed by atoms with E-state index in [1.54, 1.807) is 50.6 Å². The predicted octanol–water partition coefficient (Wildman–Crippen LogP) is 3.92. The molecule has 0 saturated carbocycles. The lowest BCUT2D eigenvalue weighted by molar-refractivity contribution is -0.119. The van der Waals surface area contributed by atoms with Gasteiger partial charge < -0.3 is 19.5 Å². The third kappa shape index (κ3) is 6.37. The van der Waals surface area contributed by atoms with Gasteiger partial charge in [0.25, 0.3) is 10.0 Å². The topological polar surface area (TPSA) is 94.2 Å². The molecule has 0 atom stereocenters. The molecule has 3 aromatic rings. The first-order chi connectivity index (χ1) is 16.8. The van der Waals surface area contributed by atoms with Crippen molar-refractivity contribution in [1.82, 2.24) is 5.32 Å². The van der Waals surface area contributed by atoms with Gasteiger partial charge in [-0.3, -0.25) is 9.10 Å². The number of amides is 1. The lowest BCUT2D eigenvalue weighted by Crippen LogP contribution is -2.41. The van der Waals surface area contributed by atoms with Gasteiger partial charge in [-0.15, -0.1) is 0 Å². The summed E-state index contributed by atoms with van der Waals surface area (Å²) in [6, 6.07) is 18.0. The minimum absolute atomic E-state index is 0.0602. The summed E-state index contributed by atoms with van der Waals surface area (Å²) in [5.74, 6) is 1.14. The van der Waals surface area contributed by atoms with Crippen LogP contribution in [0.1, 0.15) is 5.56 Å². The van der Waals surface area contributed by atoms with Gasteiger partial charge in [0.15, 0.2) is 11.5 Å². The van der Waals surface area contributed by atoms with E-state index in [1.165, 1.54) is 25.3 Å². The first kappa shape index (κ1) is 26.2. The number of halogens is 1. The van der Waals surface area contributed by atoms with Crippen LogP contribution in [-0.4, -0.2) is 48.7 Å². The summed E-state index contributed by atoms with van der Waals surface area (Å²) in [7, 11) is 0.537. The van der Waals surface area contributed by atoms with Crippen molar-refractivity contribution in [2.24, 2.45) is 0 Å². The maximum Gasteiger partial charge on any atom is 0.264 e. The highest BCUT2D eigenvalue weighted by molar-refractivity contribution is 7.92. The minimum atomic E-state index is -4.04. The summed E-state index contributed by atoms with van der Waals surface area (Å²) in [4.78, 5) is 12.9. The number of carbonyl (C=O) groups is 1. The molecule has 1 amide bonds. The van der Waals surface area contributed by atoms with Crippen LogP contribution in [0.15, 0.2) is 71.6 Å². The Hall–Kier alpha value is -3.43. The molecule has 35 heavy (non-hydrogen) atoms. The molecule has 0 heterocycles. The van der Waals surface area contributed by atoms with E-state index < -0.39 is 22.5 Å². The van der Waals surface area contributed by atoms with Crippen LogP contribution < -0.4 is 23.8 Å². The molecule has 3 aromatic carbocycles. The van der Waals surface area contributed by atoms with Gasteiger partial charge in [0.1, 0.15) is 12.3 Å². The van der Waals surface area contributed by atoms with Gasteiger partial charge in [0, 0.05) is 6.54 Å². The summed E-state index contributed by atoms with van der Waals surface area (Å²) >= 11 is 6.24. The largest absolute Gasteiger partial charge is 0.495 e. The molecule has 0 aliphatic rings. The van der Waals surface area contributed by atoms with Crippen molar-refractivity contribution in [2.75, 3.05) is 38.7 Å². The highest BCUT2D eigenvalue weighted by Crippen LogP contribution is 2.32. The molecule has 10 heteroatoms. The molecule has 1 N–H and O–H groups in total. The number of anilines is 1. The second-order valence-electron chi connectivity index (χ2n) is 7.43. The summed E-state index contributed by atoms with van der Waals surface area (Å²) in [5, 5.41) is 3.01. The SMILES string of the molecule is COc1ccc(N(CC(=O)NCCc2ccc(OC)c(OC)c2)S(=O)(=O)c2ccccc2)cc1Cl. The quantitative estimate of drug-likeness (QED) is 0.413. The van der Waals surface area contributed by atoms with Crippen LogP contribution >= 0.6 is 11.6 Å². The number of carbonyl (C=O) groups excluding carboxylic acids is 1. The number of methoxy groups -OCH3 is 3. The third-order valence-corrected chi connectivity index (χ3v) is 7.31. The Morgan fingerprint density at radius 2 is 1.54 bits per heavy atom.